The molecule has 0 saturated carbocycles. The van der Waals surface area contributed by atoms with Gasteiger partial charge in [-0.2, -0.15) is 0 Å². The Labute approximate surface area is 92.7 Å². The summed E-state index contributed by atoms with van der Waals surface area (Å²) >= 11 is 0. The Balaban J connectivity index is 2.01. The van der Waals surface area contributed by atoms with Crippen LogP contribution in [0.25, 0.3) is 0 Å². The molecule has 0 aromatic carbocycles. The highest BCUT2D eigenvalue weighted by molar-refractivity contribution is 5.69. The molecule has 2 nitrogen and oxygen atoms in total. The Kier molecular flexibility index (Phi) is 5.44. The molecule has 0 N–H and O–H groups in total. The Hall–Kier alpha value is -0.790. The first-order valence-corrected chi connectivity index (χ1v) is 6.04. The van der Waals surface area contributed by atoms with Gasteiger partial charge in [0.25, 0.3) is 0 Å². The van der Waals surface area contributed by atoms with E-state index in [9.17, 15) is 4.79 Å². The molecule has 86 valence electrons. The molecule has 0 bridgehead atoms. The normalized spacial score (nSPS) is 14.3. The van der Waals surface area contributed by atoms with E-state index in [4.69, 9.17) is 0 Å². The monoisotopic (exact) mass is 210 g/mol. The van der Waals surface area contributed by atoms with Crippen molar-refractivity contribution in [2.24, 2.45) is 0 Å². The van der Waals surface area contributed by atoms with Crippen LogP contribution in [0.5, 0.6) is 0 Å². The summed E-state index contributed by atoms with van der Waals surface area (Å²) in [5, 5.41) is 0. The maximum absolute atomic E-state index is 10.9. The molecular weight excluding hydrogens is 188 g/mol. The third-order valence-corrected chi connectivity index (χ3v) is 2.97. The van der Waals surface area contributed by atoms with Gasteiger partial charge in [0.2, 0.25) is 0 Å². The number of ether oxygens (including phenoxy) is 1. The van der Waals surface area contributed by atoms with Gasteiger partial charge in [0.15, 0.2) is 0 Å². The summed E-state index contributed by atoms with van der Waals surface area (Å²) in [5.41, 5.74) is 3.27. The van der Waals surface area contributed by atoms with Crippen LogP contribution in [0.15, 0.2) is 11.1 Å². The smallest absolute Gasteiger partial charge is 0.305 e. The van der Waals surface area contributed by atoms with E-state index in [-0.39, 0.29) is 5.97 Å². The van der Waals surface area contributed by atoms with Crippen molar-refractivity contribution in [2.45, 2.75) is 58.3 Å². The van der Waals surface area contributed by atoms with Crippen LogP contribution in [0.4, 0.5) is 0 Å². The van der Waals surface area contributed by atoms with Crippen LogP contribution in [-0.2, 0) is 9.53 Å². The van der Waals surface area contributed by atoms with E-state index in [1.807, 2.05) is 0 Å². The van der Waals surface area contributed by atoms with Crippen molar-refractivity contribution in [1.82, 2.24) is 0 Å². The molecule has 0 heterocycles. The number of hydrogen-bond donors (Lipinski definition) is 0. The quantitative estimate of drug-likeness (QED) is 0.347. The topological polar surface area (TPSA) is 26.3 Å². The van der Waals surface area contributed by atoms with Gasteiger partial charge in [-0.25, -0.2) is 0 Å². The van der Waals surface area contributed by atoms with Crippen molar-refractivity contribution in [3.05, 3.63) is 11.1 Å². The number of hydrogen-bond acceptors (Lipinski definition) is 2. The number of carbonyl (C=O) groups excluding carboxylic acids is 1. The molecule has 1 rings (SSSR count). The van der Waals surface area contributed by atoms with Gasteiger partial charge in [0, 0.05) is 6.42 Å². The van der Waals surface area contributed by atoms with E-state index in [0.29, 0.717) is 6.42 Å². The zero-order chi connectivity index (χ0) is 11.1. The van der Waals surface area contributed by atoms with Gasteiger partial charge in [-0.3, -0.25) is 4.79 Å². The standard InChI is InChI=1S/C13H22O2/c1-3-4-5-7-11-10-12(11)8-6-9-13(14)15-2/h3-10H2,1-2H3. The van der Waals surface area contributed by atoms with Gasteiger partial charge in [-0.05, 0) is 32.1 Å². The van der Waals surface area contributed by atoms with Crippen molar-refractivity contribution in [1.29, 1.82) is 0 Å². The molecule has 1 aliphatic carbocycles. The molecule has 0 fully saturated rings. The van der Waals surface area contributed by atoms with Gasteiger partial charge in [-0.15, -0.1) is 0 Å². The van der Waals surface area contributed by atoms with E-state index in [1.54, 1.807) is 11.1 Å². The summed E-state index contributed by atoms with van der Waals surface area (Å²) in [6.45, 7) is 2.23. The number of carbonyl (C=O) groups is 1. The molecule has 0 aliphatic heterocycles. The second-order valence-electron chi connectivity index (χ2n) is 4.27. The van der Waals surface area contributed by atoms with E-state index in [0.717, 1.165) is 12.8 Å². The van der Waals surface area contributed by atoms with E-state index in [2.05, 4.69) is 11.7 Å². The van der Waals surface area contributed by atoms with Crippen LogP contribution in [0.1, 0.15) is 58.3 Å². The van der Waals surface area contributed by atoms with Crippen LogP contribution in [0.3, 0.4) is 0 Å². The highest BCUT2D eigenvalue weighted by Crippen LogP contribution is 2.38. The predicted molar refractivity (Wildman–Crippen MR) is 61.7 cm³/mol. The molecule has 0 spiro atoms. The van der Waals surface area contributed by atoms with Crippen molar-refractivity contribution in [3.8, 4) is 0 Å². The first-order valence-electron chi connectivity index (χ1n) is 6.04. The lowest BCUT2D eigenvalue weighted by Crippen LogP contribution is -1.98. The summed E-state index contributed by atoms with van der Waals surface area (Å²) in [6.07, 6.45) is 9.15. The minimum Gasteiger partial charge on any atom is -0.469 e. The lowest BCUT2D eigenvalue weighted by Gasteiger charge is -1.95. The SMILES string of the molecule is CCCCCC1=C(CCCC(=O)OC)C1. The fourth-order valence-corrected chi connectivity index (χ4v) is 1.88. The average Bonchev–Trinajstić information content (AvgIpc) is 2.97. The maximum Gasteiger partial charge on any atom is 0.305 e. The molecule has 15 heavy (non-hydrogen) atoms. The van der Waals surface area contributed by atoms with E-state index < -0.39 is 0 Å². The van der Waals surface area contributed by atoms with Crippen LogP contribution >= 0.6 is 0 Å². The van der Waals surface area contributed by atoms with Gasteiger partial charge in [-0.1, -0.05) is 30.9 Å². The van der Waals surface area contributed by atoms with Crippen LogP contribution in [-0.4, -0.2) is 13.1 Å². The van der Waals surface area contributed by atoms with Gasteiger partial charge in [0.05, 0.1) is 7.11 Å². The number of allylic oxidation sites excluding steroid dienone is 2. The molecule has 0 unspecified atom stereocenters. The summed E-state index contributed by atoms with van der Waals surface area (Å²) in [4.78, 5) is 10.9. The fourth-order valence-electron chi connectivity index (χ4n) is 1.88. The van der Waals surface area contributed by atoms with Crippen molar-refractivity contribution < 1.29 is 9.53 Å². The molecule has 0 saturated heterocycles. The molecule has 1 aliphatic rings. The Morgan fingerprint density at radius 3 is 2.47 bits per heavy atom. The van der Waals surface area contributed by atoms with Crippen molar-refractivity contribution >= 4 is 5.97 Å². The first kappa shape index (κ1) is 12.3. The van der Waals surface area contributed by atoms with Crippen LogP contribution in [0.2, 0.25) is 0 Å². The van der Waals surface area contributed by atoms with Crippen LogP contribution < -0.4 is 0 Å². The lowest BCUT2D eigenvalue weighted by atomic mass is 10.1. The van der Waals surface area contributed by atoms with E-state index in [1.165, 1.54) is 39.2 Å². The first-order chi connectivity index (χ1) is 7.27. The third kappa shape index (κ3) is 5.01. The van der Waals surface area contributed by atoms with Gasteiger partial charge < -0.3 is 4.74 Å². The molecule has 0 atom stereocenters. The maximum atomic E-state index is 10.9. The molecule has 2 heteroatoms. The van der Waals surface area contributed by atoms with E-state index >= 15 is 0 Å². The average molecular weight is 210 g/mol. The van der Waals surface area contributed by atoms with Gasteiger partial charge in [0.1, 0.15) is 0 Å². The zero-order valence-corrected chi connectivity index (χ0v) is 9.97. The number of esters is 1. The Morgan fingerprint density at radius 2 is 1.87 bits per heavy atom. The molecule has 0 amide bonds. The molecule has 0 radical (unpaired) electrons. The van der Waals surface area contributed by atoms with Crippen molar-refractivity contribution in [2.75, 3.05) is 7.11 Å². The highest BCUT2D eigenvalue weighted by Gasteiger charge is 2.19. The summed E-state index contributed by atoms with van der Waals surface area (Å²) < 4.78 is 4.60. The van der Waals surface area contributed by atoms with Crippen molar-refractivity contribution in [3.63, 3.8) is 0 Å². The largest absolute Gasteiger partial charge is 0.469 e. The summed E-state index contributed by atoms with van der Waals surface area (Å²) in [6, 6.07) is 0. The summed E-state index contributed by atoms with van der Waals surface area (Å²) in [7, 11) is 1.45. The number of methoxy groups -OCH3 is 1. The predicted octanol–water partition coefficient (Wildman–Crippen LogP) is 3.61. The third-order valence-electron chi connectivity index (χ3n) is 2.97. The van der Waals surface area contributed by atoms with Gasteiger partial charge >= 0.3 is 5.97 Å². The van der Waals surface area contributed by atoms with Crippen LogP contribution in [0, 0.1) is 0 Å². The number of rotatable bonds is 8. The Morgan fingerprint density at radius 1 is 1.20 bits per heavy atom. The lowest BCUT2D eigenvalue weighted by molar-refractivity contribution is -0.140. The Bertz CT molecular complexity index is 241. The zero-order valence-electron chi connectivity index (χ0n) is 9.97. The molecule has 0 aromatic rings. The summed E-state index contributed by atoms with van der Waals surface area (Å²) in [5.74, 6) is -0.0798. The second-order valence-corrected chi connectivity index (χ2v) is 4.27. The second kappa shape index (κ2) is 6.65. The highest BCUT2D eigenvalue weighted by atomic mass is 16.5. The minimum atomic E-state index is -0.0798. The minimum absolute atomic E-state index is 0.0798. The number of unbranched alkanes of at least 4 members (excludes halogenated alkanes) is 2. The molecular formula is C13H22O2. The fraction of sp³-hybridized carbons (Fsp3) is 0.769. The molecule has 0 aromatic heterocycles.